The van der Waals surface area contributed by atoms with Crippen molar-refractivity contribution in [1.82, 2.24) is 10.6 Å². The van der Waals surface area contributed by atoms with Crippen molar-refractivity contribution in [3.05, 3.63) is 46.0 Å². The molecule has 0 aliphatic rings. The van der Waals surface area contributed by atoms with Crippen LogP contribution >= 0.6 is 0 Å². The van der Waals surface area contributed by atoms with Gasteiger partial charge in [-0.05, 0) is 42.9 Å². The highest BCUT2D eigenvalue weighted by atomic mass is 28.3. The molecule has 2 unspecified atom stereocenters. The average Bonchev–Trinajstić information content (AvgIpc) is 2.98. The Bertz CT molecular complexity index is 1420. The van der Waals surface area contributed by atoms with Crippen LogP contribution in [-0.4, -0.2) is 55.1 Å². The number of fused-ring (bicyclic) bond motifs is 1. The summed E-state index contributed by atoms with van der Waals surface area (Å²) in [6.45, 7) is 15.3. The summed E-state index contributed by atoms with van der Waals surface area (Å²) in [5.41, 5.74) is 2.95. The molecule has 0 fully saturated rings. The zero-order chi connectivity index (χ0) is 33.0. The molecule has 0 aliphatic heterocycles. The minimum atomic E-state index is -1.98. The number of carbonyl (C=O) groups excluding carboxylic acids is 2. The lowest BCUT2D eigenvalue weighted by molar-refractivity contribution is 0.0684. The van der Waals surface area contributed by atoms with Gasteiger partial charge in [0.15, 0.2) is 0 Å². The summed E-state index contributed by atoms with van der Waals surface area (Å²) in [6, 6.07) is 3.85. The molecule has 2 amide bonds. The quantitative estimate of drug-likeness (QED) is 0.114. The summed E-state index contributed by atoms with van der Waals surface area (Å²) in [5, 5.41) is 26.2. The van der Waals surface area contributed by atoms with Gasteiger partial charge in [-0.25, -0.2) is 9.59 Å². The van der Waals surface area contributed by atoms with E-state index < -0.39 is 31.8 Å². The van der Waals surface area contributed by atoms with Gasteiger partial charge in [0, 0.05) is 35.0 Å². The molecule has 44 heavy (non-hydrogen) atoms. The maximum Gasteiger partial charge on any atom is 0.336 e. The Morgan fingerprint density at radius 2 is 1.23 bits per heavy atom. The van der Waals surface area contributed by atoms with Gasteiger partial charge < -0.3 is 20.8 Å². The van der Waals surface area contributed by atoms with E-state index in [9.17, 15) is 29.4 Å². The Morgan fingerprint density at radius 3 is 1.66 bits per heavy atom. The Labute approximate surface area is 263 Å². The third-order valence-corrected chi connectivity index (χ3v) is 8.85. The molecule has 9 heteroatoms. The molecule has 2 rings (SSSR count). The van der Waals surface area contributed by atoms with Crippen LogP contribution in [0.4, 0.5) is 0 Å². The molecule has 0 radical (unpaired) electrons. The number of carbonyl (C=O) groups is 4. The third-order valence-electron chi connectivity index (χ3n) is 7.98. The summed E-state index contributed by atoms with van der Waals surface area (Å²) >= 11 is 0. The van der Waals surface area contributed by atoms with Crippen molar-refractivity contribution in [3.8, 4) is 11.5 Å². The van der Waals surface area contributed by atoms with Gasteiger partial charge in [0.05, 0.1) is 16.7 Å². The predicted molar refractivity (Wildman–Crippen MR) is 179 cm³/mol. The van der Waals surface area contributed by atoms with E-state index >= 15 is 0 Å². The molecule has 8 nitrogen and oxygen atoms in total. The van der Waals surface area contributed by atoms with Gasteiger partial charge in [-0.15, -0.1) is 5.54 Å². The number of nitrogens with one attached hydrogen (secondary N) is 2. The van der Waals surface area contributed by atoms with Gasteiger partial charge in [0.25, 0.3) is 11.8 Å². The summed E-state index contributed by atoms with van der Waals surface area (Å²) in [6.07, 6.45) is 7.74. The Balaban J connectivity index is 2.91. The first-order valence-electron chi connectivity index (χ1n) is 16.0. The fourth-order valence-electron chi connectivity index (χ4n) is 5.23. The Hall–Kier alpha value is -3.64. The summed E-state index contributed by atoms with van der Waals surface area (Å²) < 4.78 is 0. The molecular formula is C35H50N2O6Si. The highest BCUT2D eigenvalue weighted by Crippen LogP contribution is 2.33. The van der Waals surface area contributed by atoms with Crippen LogP contribution in [0.3, 0.4) is 0 Å². The lowest BCUT2D eigenvalue weighted by atomic mass is 9.87. The highest BCUT2D eigenvalue weighted by Gasteiger charge is 2.29. The number of hydrogen-bond donors (Lipinski definition) is 4. The van der Waals surface area contributed by atoms with Crippen LogP contribution in [0.15, 0.2) is 18.2 Å². The lowest BCUT2D eigenvalue weighted by Crippen LogP contribution is -2.32. The van der Waals surface area contributed by atoms with Crippen molar-refractivity contribution in [3.63, 3.8) is 0 Å². The standard InChI is InChI=1S/C35H50N2O6Si/c1-8-12-14-23(10-3)21-36-32(38)28-20-25(18-19-44(5,6)7)29(33(39)37-22-24(11-4)15-13-9-2)31-27(35(42)43)17-16-26(30(28)31)34(40)41/h16-17,20,23-24H,8-15,21-22H2,1-7H3,(H,36,38)(H,37,39)(H,40,41)(H,42,43). The summed E-state index contributed by atoms with van der Waals surface area (Å²) in [5.74, 6) is -0.129. The van der Waals surface area contributed by atoms with Gasteiger partial charge in [-0.2, -0.15) is 0 Å². The zero-order valence-corrected chi connectivity index (χ0v) is 28.5. The second-order valence-electron chi connectivity index (χ2n) is 12.6. The minimum absolute atomic E-state index is 0.00310. The van der Waals surface area contributed by atoms with E-state index in [1.165, 1.54) is 18.2 Å². The molecule has 0 heterocycles. The first-order chi connectivity index (χ1) is 20.8. The van der Waals surface area contributed by atoms with Crippen molar-refractivity contribution in [2.75, 3.05) is 13.1 Å². The van der Waals surface area contributed by atoms with Gasteiger partial charge in [0.2, 0.25) is 0 Å². The van der Waals surface area contributed by atoms with Crippen LogP contribution in [0.5, 0.6) is 0 Å². The van der Waals surface area contributed by atoms with Crippen molar-refractivity contribution >= 4 is 42.6 Å². The smallest absolute Gasteiger partial charge is 0.336 e. The number of amides is 2. The van der Waals surface area contributed by atoms with Crippen LogP contribution < -0.4 is 10.6 Å². The van der Waals surface area contributed by atoms with Crippen LogP contribution in [0.2, 0.25) is 19.6 Å². The highest BCUT2D eigenvalue weighted by molar-refractivity contribution is 6.83. The Kier molecular flexibility index (Phi) is 14.1. The van der Waals surface area contributed by atoms with Crippen molar-refractivity contribution < 1.29 is 29.4 Å². The second-order valence-corrected chi connectivity index (χ2v) is 17.4. The number of hydrogen-bond acceptors (Lipinski definition) is 4. The monoisotopic (exact) mass is 622 g/mol. The third kappa shape index (κ3) is 9.95. The van der Waals surface area contributed by atoms with Crippen LogP contribution in [0.1, 0.15) is 126 Å². The topological polar surface area (TPSA) is 133 Å². The summed E-state index contributed by atoms with van der Waals surface area (Å²) in [4.78, 5) is 52.8. The van der Waals surface area contributed by atoms with E-state index in [0.29, 0.717) is 13.1 Å². The van der Waals surface area contributed by atoms with E-state index in [-0.39, 0.29) is 50.4 Å². The molecule has 0 saturated heterocycles. The fraction of sp³-hybridized carbons (Fsp3) is 0.543. The van der Waals surface area contributed by atoms with E-state index in [1.807, 2.05) is 19.6 Å². The molecule has 2 aromatic carbocycles. The van der Waals surface area contributed by atoms with Gasteiger partial charge >= 0.3 is 11.9 Å². The first-order valence-corrected chi connectivity index (χ1v) is 19.5. The molecule has 0 aromatic heterocycles. The fourth-order valence-corrected chi connectivity index (χ4v) is 5.74. The molecule has 0 aliphatic carbocycles. The van der Waals surface area contributed by atoms with Crippen LogP contribution in [-0.2, 0) is 0 Å². The molecule has 4 N–H and O–H groups in total. The van der Waals surface area contributed by atoms with Crippen LogP contribution in [0, 0.1) is 23.3 Å². The van der Waals surface area contributed by atoms with E-state index in [2.05, 4.69) is 49.8 Å². The van der Waals surface area contributed by atoms with E-state index in [1.54, 1.807) is 0 Å². The van der Waals surface area contributed by atoms with Gasteiger partial charge in [0.1, 0.15) is 8.07 Å². The van der Waals surface area contributed by atoms with E-state index in [0.717, 1.165) is 51.4 Å². The first kappa shape index (κ1) is 36.5. The van der Waals surface area contributed by atoms with Crippen molar-refractivity contribution in [1.29, 1.82) is 0 Å². The molecule has 2 atom stereocenters. The molecule has 0 saturated carbocycles. The molecule has 0 spiro atoms. The number of benzene rings is 2. The number of carboxylic acid groups (broad SMARTS) is 2. The molecular weight excluding hydrogens is 572 g/mol. The van der Waals surface area contributed by atoms with Gasteiger partial charge in [-0.1, -0.05) is 91.8 Å². The van der Waals surface area contributed by atoms with Crippen LogP contribution in [0.25, 0.3) is 10.8 Å². The predicted octanol–water partition coefficient (Wildman–Crippen LogP) is 7.36. The number of unbranched alkanes of at least 4 members (excludes halogenated alkanes) is 2. The SMILES string of the molecule is CCCCC(CC)CNC(=O)c1cc(C#C[Si](C)(C)C)c(C(=O)NCC(CC)CCCC)c2c(C(=O)O)ccc(C(=O)O)c12. The number of aromatic carboxylic acids is 2. The van der Waals surface area contributed by atoms with Crippen molar-refractivity contribution in [2.45, 2.75) is 98.7 Å². The van der Waals surface area contributed by atoms with Gasteiger partial charge in [-0.3, -0.25) is 9.59 Å². The minimum Gasteiger partial charge on any atom is -0.478 e. The number of rotatable bonds is 16. The normalized spacial score (nSPS) is 12.6. The number of carboxylic acids is 2. The zero-order valence-electron chi connectivity index (χ0n) is 27.5. The largest absolute Gasteiger partial charge is 0.478 e. The molecule has 240 valence electrons. The Morgan fingerprint density at radius 1 is 0.750 bits per heavy atom. The second kappa shape index (κ2) is 17.0. The average molecular weight is 623 g/mol. The molecule has 2 aromatic rings. The maximum atomic E-state index is 14.0. The van der Waals surface area contributed by atoms with Crippen molar-refractivity contribution in [2.24, 2.45) is 11.8 Å². The lowest BCUT2D eigenvalue weighted by Gasteiger charge is -2.20. The molecule has 0 bridgehead atoms. The van der Waals surface area contributed by atoms with E-state index in [4.69, 9.17) is 0 Å². The summed E-state index contributed by atoms with van der Waals surface area (Å²) in [7, 11) is -1.98. The maximum absolute atomic E-state index is 14.0.